The van der Waals surface area contributed by atoms with E-state index in [9.17, 15) is 8.78 Å². The lowest BCUT2D eigenvalue weighted by Gasteiger charge is -2.25. The van der Waals surface area contributed by atoms with E-state index in [2.05, 4.69) is 25.7 Å². The normalized spacial score (nSPS) is 12.9. The van der Waals surface area contributed by atoms with Crippen molar-refractivity contribution in [3.8, 4) is 0 Å². The molecule has 0 fully saturated rings. The lowest BCUT2D eigenvalue weighted by atomic mass is 10.0. The number of hydrogen-bond acceptors (Lipinski definition) is 1. The Morgan fingerprint density at radius 2 is 1.81 bits per heavy atom. The largest absolute Gasteiger partial charge is 0.301 e. The van der Waals surface area contributed by atoms with Gasteiger partial charge < -0.3 is 4.90 Å². The minimum atomic E-state index is -0.238. The Morgan fingerprint density at radius 3 is 2.52 bits per heavy atom. The summed E-state index contributed by atoms with van der Waals surface area (Å²) < 4.78 is 30.7. The highest BCUT2D eigenvalue weighted by Gasteiger charge is 2.12. The number of aryl methyl sites for hydroxylation is 2. The van der Waals surface area contributed by atoms with Crippen LogP contribution in [0.2, 0.25) is 0 Å². The SMILES string of the molecule is CCN(CC)C(C)CCC[n+]1ccc(/C=C/c2ccc3c(F)c(C)ccc3c2)c(F)c1. The summed E-state index contributed by atoms with van der Waals surface area (Å²) in [7, 11) is 0. The Kier molecular flexibility index (Phi) is 7.91. The molecule has 4 heteroatoms. The molecule has 0 saturated heterocycles. The van der Waals surface area contributed by atoms with E-state index >= 15 is 0 Å². The number of benzene rings is 2. The molecular weight excluding hydrogens is 390 g/mol. The fourth-order valence-electron chi connectivity index (χ4n) is 4.10. The molecule has 2 aromatic carbocycles. The summed E-state index contributed by atoms with van der Waals surface area (Å²) in [5.74, 6) is -0.420. The lowest BCUT2D eigenvalue weighted by molar-refractivity contribution is -0.698. The highest BCUT2D eigenvalue weighted by molar-refractivity contribution is 5.87. The van der Waals surface area contributed by atoms with Crippen molar-refractivity contribution in [2.24, 2.45) is 0 Å². The molecular formula is C27H33F2N2+. The summed E-state index contributed by atoms with van der Waals surface area (Å²) in [6.07, 6.45) is 9.26. The van der Waals surface area contributed by atoms with Gasteiger partial charge in [0.25, 0.3) is 0 Å². The van der Waals surface area contributed by atoms with Crippen LogP contribution in [-0.2, 0) is 6.54 Å². The van der Waals surface area contributed by atoms with Gasteiger partial charge in [-0.2, -0.15) is 4.39 Å². The number of rotatable bonds is 9. The number of pyridine rings is 1. The lowest BCUT2D eigenvalue weighted by Crippen LogP contribution is -2.36. The first kappa shape index (κ1) is 23.1. The zero-order chi connectivity index (χ0) is 22.4. The van der Waals surface area contributed by atoms with Gasteiger partial charge in [-0.1, -0.05) is 50.3 Å². The molecule has 0 aliphatic rings. The van der Waals surface area contributed by atoms with Crippen molar-refractivity contribution in [3.63, 3.8) is 0 Å². The van der Waals surface area contributed by atoms with Gasteiger partial charge in [-0.15, -0.1) is 0 Å². The van der Waals surface area contributed by atoms with Crippen LogP contribution < -0.4 is 4.57 Å². The van der Waals surface area contributed by atoms with Crippen LogP contribution in [0.1, 0.15) is 50.3 Å². The van der Waals surface area contributed by atoms with Crippen molar-refractivity contribution in [1.29, 1.82) is 0 Å². The van der Waals surface area contributed by atoms with E-state index in [1.54, 1.807) is 31.3 Å². The molecule has 0 N–H and O–H groups in total. The summed E-state index contributed by atoms with van der Waals surface area (Å²) >= 11 is 0. The summed E-state index contributed by atoms with van der Waals surface area (Å²) in [4.78, 5) is 2.45. The predicted molar refractivity (Wildman–Crippen MR) is 126 cm³/mol. The van der Waals surface area contributed by atoms with Gasteiger partial charge in [0.1, 0.15) is 12.4 Å². The molecule has 1 aromatic heterocycles. The standard InChI is InChI=1S/C27H33F2N2/c1-5-31(6-2)21(4)8-7-16-30-17-15-23(26(28)19-30)13-10-22-11-14-25-24(18-22)12-9-20(3)27(25)29/h9-15,17-19,21H,5-8,16H2,1-4H3/q+1/b13-10+. The molecule has 0 amide bonds. The topological polar surface area (TPSA) is 7.12 Å². The van der Waals surface area contributed by atoms with E-state index in [-0.39, 0.29) is 11.6 Å². The summed E-state index contributed by atoms with van der Waals surface area (Å²) in [6.45, 7) is 11.3. The second kappa shape index (κ2) is 10.6. The van der Waals surface area contributed by atoms with Crippen LogP contribution in [0.3, 0.4) is 0 Å². The molecule has 1 atom stereocenters. The molecule has 3 aromatic rings. The fourth-order valence-corrected chi connectivity index (χ4v) is 4.10. The minimum Gasteiger partial charge on any atom is -0.301 e. The van der Waals surface area contributed by atoms with Gasteiger partial charge in [-0.05, 0) is 55.9 Å². The molecule has 0 aliphatic heterocycles. The van der Waals surface area contributed by atoms with Gasteiger partial charge in [-0.3, -0.25) is 0 Å². The van der Waals surface area contributed by atoms with Crippen LogP contribution in [0, 0.1) is 18.6 Å². The smallest absolute Gasteiger partial charge is 0.205 e. The molecule has 0 bridgehead atoms. The minimum absolute atomic E-state index is 0.182. The van der Waals surface area contributed by atoms with Gasteiger partial charge >= 0.3 is 0 Å². The summed E-state index contributed by atoms with van der Waals surface area (Å²) in [6, 6.07) is 11.6. The molecule has 3 rings (SSSR count). The van der Waals surface area contributed by atoms with Crippen molar-refractivity contribution in [1.82, 2.24) is 4.90 Å². The Morgan fingerprint density at radius 1 is 1.03 bits per heavy atom. The Labute approximate surface area is 184 Å². The Bertz CT molecular complexity index is 1050. The summed E-state index contributed by atoms with van der Waals surface area (Å²) in [5.41, 5.74) is 2.10. The van der Waals surface area contributed by atoms with E-state index in [0.29, 0.717) is 22.6 Å². The third kappa shape index (κ3) is 5.76. The van der Waals surface area contributed by atoms with Crippen molar-refractivity contribution in [2.75, 3.05) is 13.1 Å². The van der Waals surface area contributed by atoms with Crippen LogP contribution in [0.5, 0.6) is 0 Å². The van der Waals surface area contributed by atoms with E-state index in [1.807, 2.05) is 41.1 Å². The number of nitrogens with zero attached hydrogens (tertiary/aromatic N) is 2. The fraction of sp³-hybridized carbons (Fsp3) is 0.370. The third-order valence-corrected chi connectivity index (χ3v) is 6.10. The second-order valence-electron chi connectivity index (χ2n) is 8.21. The van der Waals surface area contributed by atoms with Crippen molar-refractivity contribution in [3.05, 3.63) is 77.1 Å². The maximum Gasteiger partial charge on any atom is 0.205 e. The number of aromatic nitrogens is 1. The van der Waals surface area contributed by atoms with E-state index in [4.69, 9.17) is 0 Å². The number of hydrogen-bond donors (Lipinski definition) is 0. The Hall–Kier alpha value is -2.59. The molecule has 0 saturated carbocycles. The average molecular weight is 424 g/mol. The van der Waals surface area contributed by atoms with E-state index in [0.717, 1.165) is 43.4 Å². The van der Waals surface area contributed by atoms with Gasteiger partial charge in [0.05, 0.1) is 0 Å². The molecule has 0 aliphatic carbocycles. The zero-order valence-electron chi connectivity index (χ0n) is 19.0. The quantitative estimate of drug-likeness (QED) is 0.362. The first-order valence-corrected chi connectivity index (χ1v) is 11.2. The first-order chi connectivity index (χ1) is 14.9. The van der Waals surface area contributed by atoms with Crippen LogP contribution in [0.15, 0.2) is 48.8 Å². The maximum absolute atomic E-state index is 14.6. The molecule has 31 heavy (non-hydrogen) atoms. The molecule has 0 spiro atoms. The van der Waals surface area contributed by atoms with Gasteiger partial charge in [-0.25, -0.2) is 8.96 Å². The Balaban J connectivity index is 1.64. The van der Waals surface area contributed by atoms with Gasteiger partial charge in [0.15, 0.2) is 12.0 Å². The average Bonchev–Trinajstić information content (AvgIpc) is 2.76. The number of halogens is 2. The number of fused-ring (bicyclic) bond motifs is 1. The van der Waals surface area contributed by atoms with Crippen molar-refractivity contribution in [2.45, 2.75) is 53.1 Å². The van der Waals surface area contributed by atoms with Crippen LogP contribution >= 0.6 is 0 Å². The van der Waals surface area contributed by atoms with Crippen LogP contribution in [0.25, 0.3) is 22.9 Å². The maximum atomic E-state index is 14.6. The van der Waals surface area contributed by atoms with E-state index in [1.165, 1.54) is 0 Å². The molecule has 0 radical (unpaired) electrons. The monoisotopic (exact) mass is 423 g/mol. The zero-order valence-corrected chi connectivity index (χ0v) is 19.0. The molecule has 1 unspecified atom stereocenters. The second-order valence-corrected chi connectivity index (χ2v) is 8.21. The highest BCUT2D eigenvalue weighted by atomic mass is 19.1. The molecule has 164 valence electrons. The van der Waals surface area contributed by atoms with Crippen LogP contribution in [-0.4, -0.2) is 24.0 Å². The van der Waals surface area contributed by atoms with Gasteiger partial charge in [0.2, 0.25) is 6.20 Å². The molecule has 1 heterocycles. The third-order valence-electron chi connectivity index (χ3n) is 6.10. The highest BCUT2D eigenvalue weighted by Crippen LogP contribution is 2.23. The van der Waals surface area contributed by atoms with E-state index < -0.39 is 0 Å². The first-order valence-electron chi connectivity index (χ1n) is 11.2. The van der Waals surface area contributed by atoms with Gasteiger partial charge in [0, 0.05) is 29.5 Å². The van der Waals surface area contributed by atoms with Crippen molar-refractivity contribution >= 4 is 22.9 Å². The van der Waals surface area contributed by atoms with Crippen LogP contribution in [0.4, 0.5) is 8.78 Å². The summed E-state index contributed by atoms with van der Waals surface area (Å²) in [5, 5.41) is 1.45. The van der Waals surface area contributed by atoms with Crippen molar-refractivity contribution < 1.29 is 13.3 Å². The predicted octanol–water partition coefficient (Wildman–Crippen LogP) is 6.39. The molecule has 2 nitrogen and oxygen atoms in total.